The van der Waals surface area contributed by atoms with Gasteiger partial charge in [-0.05, 0) is 25.1 Å². The van der Waals surface area contributed by atoms with Crippen molar-refractivity contribution < 1.29 is 14.6 Å². The van der Waals surface area contributed by atoms with E-state index in [1.165, 1.54) is 0 Å². The van der Waals surface area contributed by atoms with Crippen LogP contribution in [0.5, 0.6) is 5.75 Å². The Balaban J connectivity index is 2.48. The second-order valence-electron chi connectivity index (χ2n) is 3.40. The van der Waals surface area contributed by atoms with Crippen molar-refractivity contribution in [3.05, 3.63) is 30.0 Å². The van der Waals surface area contributed by atoms with Gasteiger partial charge < -0.3 is 20.4 Å². The van der Waals surface area contributed by atoms with E-state index in [4.69, 9.17) is 10.2 Å². The first-order chi connectivity index (χ1) is 7.24. The van der Waals surface area contributed by atoms with Crippen molar-refractivity contribution >= 4 is 11.0 Å². The summed E-state index contributed by atoms with van der Waals surface area (Å²) in [7, 11) is 0. The Hall–Kier alpha value is -1.52. The Kier molecular flexibility index (Phi) is 2.62. The largest absolute Gasteiger partial charge is 0.504 e. The predicted octanol–water partition coefficient (Wildman–Crippen LogP) is 1.52. The summed E-state index contributed by atoms with van der Waals surface area (Å²) in [6.45, 7) is 0.345. The van der Waals surface area contributed by atoms with Crippen LogP contribution in [-0.2, 0) is 0 Å². The Labute approximate surface area is 86.9 Å². The molecule has 4 nitrogen and oxygen atoms in total. The molecule has 0 saturated carbocycles. The third-order valence-corrected chi connectivity index (χ3v) is 2.34. The van der Waals surface area contributed by atoms with E-state index >= 15 is 0 Å². The van der Waals surface area contributed by atoms with Gasteiger partial charge in [-0.15, -0.1) is 0 Å². The summed E-state index contributed by atoms with van der Waals surface area (Å²) in [5.41, 5.74) is 5.90. The molecule has 2 aromatic rings. The van der Waals surface area contributed by atoms with Crippen LogP contribution in [0.2, 0.25) is 0 Å². The Bertz CT molecular complexity index is 464. The van der Waals surface area contributed by atoms with Crippen molar-refractivity contribution in [3.8, 4) is 5.75 Å². The first kappa shape index (κ1) is 10.0. The van der Waals surface area contributed by atoms with Gasteiger partial charge in [0, 0.05) is 0 Å². The number of aliphatic hydroxyl groups excluding tert-OH is 1. The molecular formula is C11H13NO3. The second kappa shape index (κ2) is 3.92. The van der Waals surface area contributed by atoms with E-state index in [1.807, 2.05) is 6.07 Å². The number of nitrogens with two attached hydrogens (primary N) is 1. The number of hydrogen-bond donors (Lipinski definition) is 3. The van der Waals surface area contributed by atoms with Gasteiger partial charge in [-0.25, -0.2) is 0 Å². The minimum absolute atomic E-state index is 0.00606. The number of aromatic hydroxyl groups is 1. The van der Waals surface area contributed by atoms with Crippen molar-refractivity contribution in [1.29, 1.82) is 0 Å². The van der Waals surface area contributed by atoms with Gasteiger partial charge in [-0.1, -0.05) is 12.1 Å². The van der Waals surface area contributed by atoms with Crippen LogP contribution in [0.3, 0.4) is 0 Å². The SMILES string of the molecule is NCCC(O)c1oc2ccccc2c1O. The molecule has 0 radical (unpaired) electrons. The van der Waals surface area contributed by atoms with E-state index in [9.17, 15) is 10.2 Å². The summed E-state index contributed by atoms with van der Waals surface area (Å²) >= 11 is 0. The number of furan rings is 1. The van der Waals surface area contributed by atoms with E-state index in [1.54, 1.807) is 18.2 Å². The van der Waals surface area contributed by atoms with E-state index in [0.717, 1.165) is 0 Å². The highest BCUT2D eigenvalue weighted by atomic mass is 16.4. The van der Waals surface area contributed by atoms with Crippen molar-refractivity contribution in [2.75, 3.05) is 6.54 Å². The fourth-order valence-electron chi connectivity index (χ4n) is 1.57. The highest BCUT2D eigenvalue weighted by Gasteiger charge is 2.19. The van der Waals surface area contributed by atoms with Gasteiger partial charge in [0.2, 0.25) is 0 Å². The predicted molar refractivity (Wildman–Crippen MR) is 56.5 cm³/mol. The molecule has 2 rings (SSSR count). The first-order valence-corrected chi connectivity index (χ1v) is 4.82. The minimum Gasteiger partial charge on any atom is -0.504 e. The maximum Gasteiger partial charge on any atom is 0.175 e. The van der Waals surface area contributed by atoms with Crippen LogP contribution in [-0.4, -0.2) is 16.8 Å². The average molecular weight is 207 g/mol. The topological polar surface area (TPSA) is 79.6 Å². The third kappa shape index (κ3) is 1.69. The normalized spacial score (nSPS) is 13.2. The monoisotopic (exact) mass is 207 g/mol. The number of aliphatic hydroxyl groups is 1. The van der Waals surface area contributed by atoms with Crippen molar-refractivity contribution in [2.45, 2.75) is 12.5 Å². The summed E-state index contributed by atoms with van der Waals surface area (Å²) < 4.78 is 5.36. The number of fused-ring (bicyclic) bond motifs is 1. The lowest BCUT2D eigenvalue weighted by Gasteiger charge is -2.05. The molecule has 0 spiro atoms. The number of para-hydroxylation sites is 1. The molecule has 0 aliphatic heterocycles. The maximum absolute atomic E-state index is 9.79. The number of benzene rings is 1. The quantitative estimate of drug-likeness (QED) is 0.712. The number of hydrogen-bond acceptors (Lipinski definition) is 4. The van der Waals surface area contributed by atoms with Gasteiger partial charge in [0.25, 0.3) is 0 Å². The molecule has 1 aromatic carbocycles. The van der Waals surface area contributed by atoms with Gasteiger partial charge >= 0.3 is 0 Å². The smallest absolute Gasteiger partial charge is 0.175 e. The first-order valence-electron chi connectivity index (χ1n) is 4.82. The van der Waals surface area contributed by atoms with Crippen LogP contribution in [0.25, 0.3) is 11.0 Å². The second-order valence-corrected chi connectivity index (χ2v) is 3.40. The van der Waals surface area contributed by atoms with Gasteiger partial charge in [0.1, 0.15) is 11.7 Å². The third-order valence-electron chi connectivity index (χ3n) is 2.34. The molecule has 0 aliphatic carbocycles. The minimum atomic E-state index is -0.845. The fourth-order valence-corrected chi connectivity index (χ4v) is 1.57. The summed E-state index contributed by atoms with van der Waals surface area (Å²) in [4.78, 5) is 0. The van der Waals surface area contributed by atoms with Gasteiger partial charge in [-0.2, -0.15) is 0 Å². The molecule has 1 atom stereocenters. The van der Waals surface area contributed by atoms with Gasteiger partial charge in [0.05, 0.1) is 5.39 Å². The zero-order chi connectivity index (χ0) is 10.8. The Morgan fingerprint density at radius 1 is 1.33 bits per heavy atom. The van der Waals surface area contributed by atoms with Crippen LogP contribution in [0.15, 0.2) is 28.7 Å². The van der Waals surface area contributed by atoms with Gasteiger partial charge in [-0.3, -0.25) is 0 Å². The molecule has 1 unspecified atom stereocenters. The van der Waals surface area contributed by atoms with Crippen LogP contribution in [0.4, 0.5) is 0 Å². The highest BCUT2D eigenvalue weighted by Crippen LogP contribution is 2.36. The molecule has 0 amide bonds. The van der Waals surface area contributed by atoms with Crippen LogP contribution in [0, 0.1) is 0 Å². The molecule has 80 valence electrons. The molecule has 1 heterocycles. The lowest BCUT2D eigenvalue weighted by atomic mass is 10.1. The van der Waals surface area contributed by atoms with E-state index in [2.05, 4.69) is 0 Å². The summed E-state index contributed by atoms with van der Waals surface area (Å²) in [5.74, 6) is 0.202. The molecule has 0 saturated heterocycles. The summed E-state index contributed by atoms with van der Waals surface area (Å²) in [6.07, 6.45) is -0.477. The average Bonchev–Trinajstić information content (AvgIpc) is 2.57. The lowest BCUT2D eigenvalue weighted by molar-refractivity contribution is 0.140. The molecule has 0 bridgehead atoms. The van der Waals surface area contributed by atoms with Crippen molar-refractivity contribution in [1.82, 2.24) is 0 Å². The van der Waals surface area contributed by atoms with Crippen LogP contribution < -0.4 is 5.73 Å². The van der Waals surface area contributed by atoms with E-state index in [-0.39, 0.29) is 11.5 Å². The molecule has 1 aromatic heterocycles. The van der Waals surface area contributed by atoms with Crippen LogP contribution in [0.1, 0.15) is 18.3 Å². The molecule has 0 aliphatic rings. The Morgan fingerprint density at radius 2 is 2.07 bits per heavy atom. The molecule has 0 fully saturated rings. The highest BCUT2D eigenvalue weighted by molar-refractivity contribution is 5.85. The fraction of sp³-hybridized carbons (Fsp3) is 0.273. The zero-order valence-electron chi connectivity index (χ0n) is 8.18. The molecule has 4 heteroatoms. The number of rotatable bonds is 3. The van der Waals surface area contributed by atoms with E-state index < -0.39 is 6.10 Å². The summed E-state index contributed by atoms with van der Waals surface area (Å²) in [5, 5.41) is 20.1. The molecular weight excluding hydrogens is 194 g/mol. The van der Waals surface area contributed by atoms with Crippen molar-refractivity contribution in [3.63, 3.8) is 0 Å². The van der Waals surface area contributed by atoms with Crippen LogP contribution >= 0.6 is 0 Å². The maximum atomic E-state index is 9.79. The lowest BCUT2D eigenvalue weighted by Crippen LogP contribution is -2.05. The van der Waals surface area contributed by atoms with Gasteiger partial charge in [0.15, 0.2) is 11.5 Å². The Morgan fingerprint density at radius 3 is 2.73 bits per heavy atom. The molecule has 15 heavy (non-hydrogen) atoms. The molecule has 4 N–H and O–H groups in total. The van der Waals surface area contributed by atoms with Crippen molar-refractivity contribution in [2.24, 2.45) is 5.73 Å². The standard InChI is InChI=1S/C11H13NO3/c12-6-5-8(13)11-10(14)7-3-1-2-4-9(7)15-11/h1-4,8,13-14H,5-6,12H2. The zero-order valence-corrected chi connectivity index (χ0v) is 8.18. The summed E-state index contributed by atoms with van der Waals surface area (Å²) in [6, 6.07) is 7.10. The van der Waals surface area contributed by atoms with E-state index in [0.29, 0.717) is 23.9 Å².